The molecule has 1 amide bonds. The van der Waals surface area contributed by atoms with Gasteiger partial charge < -0.3 is 9.29 Å². The van der Waals surface area contributed by atoms with Crippen molar-refractivity contribution < 1.29 is 35.7 Å². The lowest BCUT2D eigenvalue weighted by Crippen LogP contribution is -2.44. The number of nitrogens with zero attached hydrogens (tertiary/aromatic N) is 1. The second-order valence-corrected chi connectivity index (χ2v) is 6.91. The van der Waals surface area contributed by atoms with Gasteiger partial charge in [0.1, 0.15) is 5.76 Å². The molecule has 1 aliphatic heterocycles. The van der Waals surface area contributed by atoms with Crippen molar-refractivity contribution in [3.05, 3.63) is 24.1 Å². The minimum atomic E-state index is -5.79. The Labute approximate surface area is 119 Å². The summed E-state index contributed by atoms with van der Waals surface area (Å²) in [4.78, 5) is 11.9. The number of amides is 1. The molecule has 0 spiro atoms. The highest BCUT2D eigenvalue weighted by Crippen LogP contribution is 2.32. The first-order valence-electron chi connectivity index (χ1n) is 5.68. The van der Waals surface area contributed by atoms with Gasteiger partial charge in [0.05, 0.1) is 6.04 Å². The highest BCUT2D eigenvalue weighted by Gasteiger charge is 2.49. The smallest absolute Gasteiger partial charge is 0.465 e. The number of carboxylic acid groups (broad SMARTS) is 1. The van der Waals surface area contributed by atoms with Gasteiger partial charge >= 0.3 is 21.7 Å². The molecule has 1 rings (SSSR count). The maximum Gasteiger partial charge on any atom is 0.534 e. The van der Waals surface area contributed by atoms with Gasteiger partial charge in [0, 0.05) is 6.20 Å². The maximum absolute atomic E-state index is 12.3. The Morgan fingerprint density at radius 1 is 1.33 bits per heavy atom. The van der Waals surface area contributed by atoms with Crippen LogP contribution in [0.15, 0.2) is 24.1 Å². The molecule has 0 aromatic carbocycles. The highest BCUT2D eigenvalue weighted by molar-refractivity contribution is 7.87. The van der Waals surface area contributed by atoms with Gasteiger partial charge in [-0.3, -0.25) is 4.90 Å². The second kappa shape index (κ2) is 5.24. The molecular formula is C11H14F3NO5S. The average molecular weight is 329 g/mol. The first-order chi connectivity index (χ1) is 9.25. The van der Waals surface area contributed by atoms with Crippen LogP contribution in [0.4, 0.5) is 18.0 Å². The van der Waals surface area contributed by atoms with Crippen molar-refractivity contribution in [2.45, 2.75) is 32.3 Å². The topological polar surface area (TPSA) is 83.9 Å². The molecule has 120 valence electrons. The third-order valence-corrected chi connectivity index (χ3v) is 3.60. The lowest BCUT2D eigenvalue weighted by atomic mass is 9.84. The van der Waals surface area contributed by atoms with E-state index in [1.165, 1.54) is 0 Å². The normalized spacial score (nSPS) is 20.2. The molecule has 1 N–H and O–H groups in total. The van der Waals surface area contributed by atoms with E-state index in [-0.39, 0.29) is 0 Å². The summed E-state index contributed by atoms with van der Waals surface area (Å²) in [6, 6.07) is -0.876. The fourth-order valence-corrected chi connectivity index (χ4v) is 2.08. The number of allylic oxidation sites excluding steroid dienone is 1. The van der Waals surface area contributed by atoms with Crippen LogP contribution < -0.4 is 0 Å². The summed E-state index contributed by atoms with van der Waals surface area (Å²) >= 11 is 0. The van der Waals surface area contributed by atoms with Gasteiger partial charge in [-0.2, -0.15) is 21.6 Å². The van der Waals surface area contributed by atoms with Crippen LogP contribution in [-0.4, -0.2) is 36.1 Å². The van der Waals surface area contributed by atoms with E-state index in [1.54, 1.807) is 20.8 Å². The zero-order valence-electron chi connectivity index (χ0n) is 11.4. The van der Waals surface area contributed by atoms with Crippen LogP contribution in [0.25, 0.3) is 0 Å². The predicted molar refractivity (Wildman–Crippen MR) is 66.4 cm³/mol. The third kappa shape index (κ3) is 3.90. The van der Waals surface area contributed by atoms with Crippen molar-refractivity contribution in [3.8, 4) is 0 Å². The molecule has 0 bridgehead atoms. The molecule has 0 aliphatic carbocycles. The Balaban J connectivity index is 3.13. The first-order valence-corrected chi connectivity index (χ1v) is 7.08. The van der Waals surface area contributed by atoms with Crippen LogP contribution in [0.5, 0.6) is 0 Å². The van der Waals surface area contributed by atoms with Crippen LogP contribution in [0.2, 0.25) is 0 Å². The van der Waals surface area contributed by atoms with Gasteiger partial charge in [-0.05, 0) is 17.6 Å². The first kappa shape index (κ1) is 17.3. The Morgan fingerprint density at radius 2 is 1.86 bits per heavy atom. The van der Waals surface area contributed by atoms with Crippen molar-refractivity contribution in [1.82, 2.24) is 4.90 Å². The summed E-state index contributed by atoms with van der Waals surface area (Å²) in [5.74, 6) is -0.579. The summed E-state index contributed by atoms with van der Waals surface area (Å²) in [5.41, 5.74) is -6.23. The Kier molecular flexibility index (Phi) is 4.33. The summed E-state index contributed by atoms with van der Waals surface area (Å²) in [5, 5.41) is 9.03. The molecule has 0 radical (unpaired) electrons. The molecule has 0 fully saturated rings. The number of hydrogen-bond acceptors (Lipinski definition) is 4. The number of hydrogen-bond donors (Lipinski definition) is 1. The fraction of sp³-hybridized carbons (Fsp3) is 0.545. The van der Waals surface area contributed by atoms with E-state index in [2.05, 4.69) is 4.18 Å². The molecule has 0 aromatic rings. The van der Waals surface area contributed by atoms with Gasteiger partial charge in [-0.25, -0.2) is 4.79 Å². The Morgan fingerprint density at radius 3 is 2.24 bits per heavy atom. The molecule has 0 aromatic heterocycles. The van der Waals surface area contributed by atoms with Gasteiger partial charge in [0.15, 0.2) is 0 Å². The molecule has 6 nitrogen and oxygen atoms in total. The fourth-order valence-electron chi connectivity index (χ4n) is 1.62. The largest absolute Gasteiger partial charge is 0.534 e. The predicted octanol–water partition coefficient (Wildman–Crippen LogP) is 2.66. The standard InChI is InChI=1S/C11H14F3NO5S/c1-10(2,3)8-6-7(4-5-15(8)9(16)17)20-21(18,19)11(12,13)14/h4-6,8H,1-3H3,(H,16,17). The lowest BCUT2D eigenvalue weighted by Gasteiger charge is -2.36. The second-order valence-electron chi connectivity index (χ2n) is 5.37. The van der Waals surface area contributed by atoms with Crippen molar-refractivity contribution in [1.29, 1.82) is 0 Å². The summed E-state index contributed by atoms with van der Waals surface area (Å²) in [6.45, 7) is 4.96. The van der Waals surface area contributed by atoms with E-state index >= 15 is 0 Å². The van der Waals surface area contributed by atoms with E-state index in [0.29, 0.717) is 0 Å². The van der Waals surface area contributed by atoms with E-state index in [4.69, 9.17) is 5.11 Å². The summed E-state index contributed by atoms with van der Waals surface area (Å²) < 4.78 is 62.6. The summed E-state index contributed by atoms with van der Waals surface area (Å²) in [7, 11) is -5.79. The van der Waals surface area contributed by atoms with Gasteiger partial charge in [-0.15, -0.1) is 0 Å². The molecule has 0 saturated heterocycles. The van der Waals surface area contributed by atoms with E-state index in [1.807, 2.05) is 0 Å². The van der Waals surface area contributed by atoms with E-state index < -0.39 is 38.9 Å². The lowest BCUT2D eigenvalue weighted by molar-refractivity contribution is -0.0520. The monoisotopic (exact) mass is 329 g/mol. The van der Waals surface area contributed by atoms with Crippen LogP contribution in [0.1, 0.15) is 20.8 Å². The van der Waals surface area contributed by atoms with Crippen molar-refractivity contribution in [3.63, 3.8) is 0 Å². The molecular weight excluding hydrogens is 315 g/mol. The van der Waals surface area contributed by atoms with Crippen LogP contribution in [0, 0.1) is 5.41 Å². The van der Waals surface area contributed by atoms with Crippen LogP contribution in [-0.2, 0) is 14.3 Å². The molecule has 1 aliphatic rings. The number of alkyl halides is 3. The average Bonchev–Trinajstić information content (AvgIpc) is 2.25. The zero-order chi connectivity index (χ0) is 16.6. The Bertz CT molecular complexity index is 586. The van der Waals surface area contributed by atoms with Crippen molar-refractivity contribution in [2.24, 2.45) is 5.41 Å². The SMILES string of the molecule is CC(C)(C)C1C=C(OS(=O)(=O)C(F)(F)F)C=CN1C(=O)O. The van der Waals surface area contributed by atoms with Crippen molar-refractivity contribution in [2.75, 3.05) is 0 Å². The summed E-state index contributed by atoms with van der Waals surface area (Å²) in [6.07, 6.45) is 1.51. The number of halogens is 3. The molecule has 1 atom stereocenters. The van der Waals surface area contributed by atoms with Gasteiger partial charge in [0.2, 0.25) is 0 Å². The molecule has 1 heterocycles. The molecule has 1 unspecified atom stereocenters. The van der Waals surface area contributed by atoms with Crippen molar-refractivity contribution >= 4 is 16.2 Å². The molecule has 10 heteroatoms. The molecule has 21 heavy (non-hydrogen) atoms. The quantitative estimate of drug-likeness (QED) is 0.622. The Hall–Kier alpha value is -1.71. The number of rotatable bonds is 2. The van der Waals surface area contributed by atoms with Gasteiger partial charge in [-0.1, -0.05) is 20.8 Å². The van der Waals surface area contributed by atoms with E-state index in [0.717, 1.165) is 23.3 Å². The minimum absolute atomic E-state index is 0.579. The third-order valence-electron chi connectivity index (χ3n) is 2.62. The van der Waals surface area contributed by atoms with Crippen LogP contribution >= 0.6 is 0 Å². The maximum atomic E-state index is 12.3. The molecule has 0 saturated carbocycles. The highest BCUT2D eigenvalue weighted by atomic mass is 32.2. The minimum Gasteiger partial charge on any atom is -0.465 e. The van der Waals surface area contributed by atoms with Crippen LogP contribution in [0.3, 0.4) is 0 Å². The number of carbonyl (C=O) groups is 1. The van der Waals surface area contributed by atoms with Gasteiger partial charge in [0.25, 0.3) is 0 Å². The zero-order valence-corrected chi connectivity index (χ0v) is 12.2. The van der Waals surface area contributed by atoms with E-state index in [9.17, 15) is 26.4 Å².